The third kappa shape index (κ3) is 3.49. The van der Waals surface area contributed by atoms with Crippen LogP contribution in [0, 0.1) is 13.8 Å². The lowest BCUT2D eigenvalue weighted by atomic mass is 10.1. The van der Waals surface area contributed by atoms with E-state index in [1.54, 1.807) is 11.8 Å². The summed E-state index contributed by atoms with van der Waals surface area (Å²) in [5.41, 5.74) is 1.70. The Morgan fingerprint density at radius 1 is 1.45 bits per heavy atom. The van der Waals surface area contributed by atoms with E-state index in [9.17, 15) is 13.2 Å². The van der Waals surface area contributed by atoms with Crippen molar-refractivity contribution in [3.8, 4) is 0 Å². The Bertz CT molecular complexity index is 634. The summed E-state index contributed by atoms with van der Waals surface area (Å²) in [6.45, 7) is 8.10. The number of aromatic nitrogens is 1. The van der Waals surface area contributed by atoms with E-state index in [4.69, 9.17) is 4.52 Å². The molecule has 0 aliphatic carbocycles. The minimum absolute atomic E-state index is 0.0568. The Balaban J connectivity index is 2.01. The van der Waals surface area contributed by atoms with Gasteiger partial charge in [-0.05, 0) is 34.1 Å². The molecule has 2 heterocycles. The van der Waals surface area contributed by atoms with Crippen LogP contribution in [0.15, 0.2) is 4.52 Å². The second kappa shape index (κ2) is 6.37. The Labute approximate surface area is 131 Å². The van der Waals surface area contributed by atoms with Gasteiger partial charge < -0.3 is 9.42 Å². The lowest BCUT2D eigenvalue weighted by Crippen LogP contribution is -2.41. The van der Waals surface area contributed by atoms with Crippen molar-refractivity contribution in [2.24, 2.45) is 0 Å². The van der Waals surface area contributed by atoms with Gasteiger partial charge in [0.05, 0.1) is 5.69 Å². The largest absolute Gasteiger partial charge is 0.361 e. The lowest BCUT2D eigenvalue weighted by Gasteiger charge is -2.18. The molecule has 2 rings (SSSR count). The molecule has 8 heteroatoms. The molecule has 1 aromatic heterocycles. The SMILES string of the molecule is CCN1CC(S(=O)(=O)NC(C)Cc2c(C)noc2C)CC1=O. The molecule has 0 aromatic carbocycles. The fraction of sp³-hybridized carbons (Fsp3) is 0.714. The first-order valence-corrected chi connectivity index (χ1v) is 8.99. The Hall–Kier alpha value is -1.41. The summed E-state index contributed by atoms with van der Waals surface area (Å²) in [6.07, 6.45) is 0.569. The molecule has 1 saturated heterocycles. The highest BCUT2D eigenvalue weighted by atomic mass is 32.2. The van der Waals surface area contributed by atoms with E-state index in [-0.39, 0.29) is 24.9 Å². The monoisotopic (exact) mass is 329 g/mol. The molecule has 0 spiro atoms. The summed E-state index contributed by atoms with van der Waals surface area (Å²) in [6, 6.07) is -0.285. The number of sulfonamides is 1. The van der Waals surface area contributed by atoms with E-state index in [0.29, 0.717) is 18.7 Å². The van der Waals surface area contributed by atoms with Crippen LogP contribution in [0.3, 0.4) is 0 Å². The predicted octanol–water partition coefficient (Wildman–Crippen LogP) is 0.763. The first-order valence-electron chi connectivity index (χ1n) is 7.45. The number of rotatable bonds is 6. The number of nitrogens with one attached hydrogen (secondary N) is 1. The fourth-order valence-electron chi connectivity index (χ4n) is 2.77. The van der Waals surface area contributed by atoms with E-state index < -0.39 is 15.3 Å². The number of likely N-dealkylation sites (tertiary alicyclic amines) is 1. The van der Waals surface area contributed by atoms with Gasteiger partial charge in [0.25, 0.3) is 0 Å². The highest BCUT2D eigenvalue weighted by Crippen LogP contribution is 2.19. The molecule has 0 saturated carbocycles. The van der Waals surface area contributed by atoms with Crippen LogP contribution >= 0.6 is 0 Å². The smallest absolute Gasteiger partial charge is 0.224 e. The standard InChI is InChI=1S/C14H23N3O4S/c1-5-17-8-12(7-14(17)18)22(19,20)16-9(2)6-13-10(3)15-21-11(13)4/h9,12,16H,5-8H2,1-4H3. The van der Waals surface area contributed by atoms with Crippen LogP contribution in [0.1, 0.15) is 37.3 Å². The molecule has 1 fully saturated rings. The number of nitrogens with zero attached hydrogens (tertiary/aromatic N) is 2. The zero-order valence-electron chi connectivity index (χ0n) is 13.4. The zero-order valence-corrected chi connectivity index (χ0v) is 14.2. The molecular formula is C14H23N3O4S. The second-order valence-electron chi connectivity index (χ2n) is 5.83. The molecule has 1 aromatic rings. The van der Waals surface area contributed by atoms with Crippen LogP contribution in [0.5, 0.6) is 0 Å². The predicted molar refractivity (Wildman–Crippen MR) is 81.9 cm³/mol. The number of aryl methyl sites for hydroxylation is 2. The molecule has 2 atom stereocenters. The molecule has 2 unspecified atom stereocenters. The van der Waals surface area contributed by atoms with Crippen molar-refractivity contribution in [2.75, 3.05) is 13.1 Å². The Morgan fingerprint density at radius 3 is 2.64 bits per heavy atom. The molecule has 7 nitrogen and oxygen atoms in total. The highest BCUT2D eigenvalue weighted by Gasteiger charge is 2.38. The average molecular weight is 329 g/mol. The maximum absolute atomic E-state index is 12.4. The number of carbonyl (C=O) groups is 1. The van der Waals surface area contributed by atoms with Crippen LogP contribution in [0.4, 0.5) is 0 Å². The molecule has 22 heavy (non-hydrogen) atoms. The number of hydrogen-bond donors (Lipinski definition) is 1. The van der Waals surface area contributed by atoms with Crippen molar-refractivity contribution in [2.45, 2.75) is 51.8 Å². The quantitative estimate of drug-likeness (QED) is 0.832. The van der Waals surface area contributed by atoms with Crippen molar-refractivity contribution in [1.82, 2.24) is 14.8 Å². The maximum Gasteiger partial charge on any atom is 0.224 e. The van der Waals surface area contributed by atoms with Crippen LogP contribution in [-0.2, 0) is 21.2 Å². The van der Waals surface area contributed by atoms with Gasteiger partial charge in [-0.15, -0.1) is 0 Å². The van der Waals surface area contributed by atoms with Crippen LogP contribution in [-0.4, -0.2) is 48.8 Å². The van der Waals surface area contributed by atoms with Gasteiger partial charge >= 0.3 is 0 Å². The van der Waals surface area contributed by atoms with Crippen molar-refractivity contribution < 1.29 is 17.7 Å². The number of hydrogen-bond acceptors (Lipinski definition) is 5. The normalized spacial score (nSPS) is 20.6. The molecule has 1 N–H and O–H groups in total. The van der Waals surface area contributed by atoms with Crippen molar-refractivity contribution >= 4 is 15.9 Å². The Morgan fingerprint density at radius 2 is 2.14 bits per heavy atom. The van der Waals surface area contributed by atoms with Crippen molar-refractivity contribution in [3.05, 3.63) is 17.0 Å². The molecular weight excluding hydrogens is 306 g/mol. The summed E-state index contributed by atoms with van der Waals surface area (Å²) in [4.78, 5) is 13.3. The maximum atomic E-state index is 12.4. The van der Waals surface area contributed by atoms with Gasteiger partial charge in [0.1, 0.15) is 11.0 Å². The third-order valence-electron chi connectivity index (χ3n) is 4.06. The van der Waals surface area contributed by atoms with Gasteiger partial charge in [0, 0.05) is 31.1 Å². The third-order valence-corrected chi connectivity index (χ3v) is 5.98. The van der Waals surface area contributed by atoms with Crippen molar-refractivity contribution in [1.29, 1.82) is 0 Å². The molecule has 0 bridgehead atoms. The zero-order chi connectivity index (χ0) is 16.5. The van der Waals surface area contributed by atoms with E-state index in [1.807, 2.05) is 20.8 Å². The van der Waals surface area contributed by atoms with E-state index in [0.717, 1.165) is 11.3 Å². The minimum atomic E-state index is -3.53. The van der Waals surface area contributed by atoms with Crippen LogP contribution in [0.2, 0.25) is 0 Å². The van der Waals surface area contributed by atoms with E-state index in [1.165, 1.54) is 0 Å². The first kappa shape index (κ1) is 17.0. The molecule has 0 radical (unpaired) electrons. The average Bonchev–Trinajstić information content (AvgIpc) is 2.96. The van der Waals surface area contributed by atoms with Crippen molar-refractivity contribution in [3.63, 3.8) is 0 Å². The summed E-state index contributed by atoms with van der Waals surface area (Å²) in [7, 11) is -3.53. The lowest BCUT2D eigenvalue weighted by molar-refractivity contribution is -0.127. The Kier molecular flexibility index (Phi) is 4.91. The summed E-state index contributed by atoms with van der Waals surface area (Å²) in [5, 5.41) is 3.20. The fourth-order valence-corrected chi connectivity index (χ4v) is 4.34. The number of carbonyl (C=O) groups excluding carboxylic acids is 1. The minimum Gasteiger partial charge on any atom is -0.361 e. The highest BCUT2D eigenvalue weighted by molar-refractivity contribution is 7.90. The van der Waals surface area contributed by atoms with Gasteiger partial charge in [0.2, 0.25) is 15.9 Å². The summed E-state index contributed by atoms with van der Waals surface area (Å²) >= 11 is 0. The molecule has 1 aliphatic heterocycles. The van der Waals surface area contributed by atoms with Crippen LogP contribution < -0.4 is 4.72 Å². The first-order chi connectivity index (χ1) is 10.2. The molecule has 124 valence electrons. The van der Waals surface area contributed by atoms with Gasteiger partial charge in [-0.25, -0.2) is 13.1 Å². The van der Waals surface area contributed by atoms with Crippen LogP contribution in [0.25, 0.3) is 0 Å². The van der Waals surface area contributed by atoms with E-state index in [2.05, 4.69) is 9.88 Å². The summed E-state index contributed by atoms with van der Waals surface area (Å²) in [5.74, 6) is 0.605. The number of amides is 1. The molecule has 1 aliphatic rings. The second-order valence-corrected chi connectivity index (χ2v) is 7.82. The van der Waals surface area contributed by atoms with Gasteiger partial charge in [0.15, 0.2) is 0 Å². The summed E-state index contributed by atoms with van der Waals surface area (Å²) < 4.78 is 32.6. The topological polar surface area (TPSA) is 92.5 Å². The van der Waals surface area contributed by atoms with Gasteiger partial charge in [-0.2, -0.15) is 0 Å². The molecule has 1 amide bonds. The van der Waals surface area contributed by atoms with E-state index >= 15 is 0 Å². The van der Waals surface area contributed by atoms with Gasteiger partial charge in [-0.3, -0.25) is 4.79 Å². The van der Waals surface area contributed by atoms with Gasteiger partial charge in [-0.1, -0.05) is 5.16 Å².